The van der Waals surface area contributed by atoms with Gasteiger partial charge in [-0.15, -0.1) is 0 Å². The lowest BCUT2D eigenvalue weighted by Gasteiger charge is -2.01. The number of ether oxygens (including phenoxy) is 2. The summed E-state index contributed by atoms with van der Waals surface area (Å²) >= 11 is 0. The molecule has 0 aromatic heterocycles. The van der Waals surface area contributed by atoms with Crippen molar-refractivity contribution in [3.63, 3.8) is 0 Å². The first kappa shape index (κ1) is 13.3. The highest BCUT2D eigenvalue weighted by Gasteiger charge is 2.28. The summed E-state index contributed by atoms with van der Waals surface area (Å²) in [6, 6.07) is 3.70. The SMILES string of the molecule is COC(=O)c1ccc(C(=O)OC)c([P+](=O)O)c1. The van der Waals surface area contributed by atoms with Crippen LogP contribution >= 0.6 is 8.03 Å². The second-order valence-corrected chi connectivity index (χ2v) is 4.02. The molecule has 0 aliphatic heterocycles. The Morgan fingerprint density at radius 3 is 2.24 bits per heavy atom. The van der Waals surface area contributed by atoms with Crippen molar-refractivity contribution >= 4 is 25.3 Å². The maximum atomic E-state index is 11.3. The monoisotopic (exact) mass is 257 g/mol. The molecule has 0 saturated heterocycles. The normalized spacial score (nSPS) is 10.6. The lowest BCUT2D eigenvalue weighted by molar-refractivity contribution is 0.0588. The fraction of sp³-hybridized carbons (Fsp3) is 0.200. The van der Waals surface area contributed by atoms with Crippen LogP contribution in [0.3, 0.4) is 0 Å². The van der Waals surface area contributed by atoms with Crippen LogP contribution in [-0.2, 0) is 14.0 Å². The fourth-order valence-corrected chi connectivity index (χ4v) is 1.84. The molecular formula is C10H10O6P+. The van der Waals surface area contributed by atoms with Gasteiger partial charge >= 0.3 is 20.0 Å². The molecule has 0 aliphatic rings. The van der Waals surface area contributed by atoms with Gasteiger partial charge < -0.3 is 9.47 Å². The molecule has 1 aromatic carbocycles. The summed E-state index contributed by atoms with van der Waals surface area (Å²) in [5, 5.41) is -0.158. The molecule has 90 valence electrons. The minimum Gasteiger partial charge on any atom is -0.465 e. The zero-order valence-corrected chi connectivity index (χ0v) is 10.1. The van der Waals surface area contributed by atoms with Gasteiger partial charge in [0.25, 0.3) is 0 Å². The van der Waals surface area contributed by atoms with Crippen LogP contribution in [0.5, 0.6) is 0 Å². The molecule has 1 aromatic rings. The van der Waals surface area contributed by atoms with Crippen molar-refractivity contribution in [1.82, 2.24) is 0 Å². The van der Waals surface area contributed by atoms with Gasteiger partial charge in [0.2, 0.25) is 5.30 Å². The highest BCUT2D eigenvalue weighted by Crippen LogP contribution is 2.18. The molecular weight excluding hydrogens is 247 g/mol. The summed E-state index contributed by atoms with van der Waals surface area (Å²) < 4.78 is 20.0. The van der Waals surface area contributed by atoms with Crippen LogP contribution in [0, 0.1) is 0 Å². The molecule has 1 N–H and O–H groups in total. The third-order valence-corrected chi connectivity index (χ3v) is 2.81. The minimum absolute atomic E-state index is 0.0521. The van der Waals surface area contributed by atoms with Gasteiger partial charge in [0, 0.05) is 6.07 Å². The molecule has 0 amide bonds. The van der Waals surface area contributed by atoms with Crippen LogP contribution in [0.4, 0.5) is 0 Å². The number of carbonyl (C=O) groups excluding carboxylic acids is 2. The quantitative estimate of drug-likeness (QED) is 0.630. The molecule has 0 saturated carbocycles. The Morgan fingerprint density at radius 1 is 1.18 bits per heavy atom. The number of methoxy groups -OCH3 is 2. The Kier molecular flexibility index (Phi) is 4.31. The highest BCUT2D eigenvalue weighted by molar-refractivity contribution is 7.47. The van der Waals surface area contributed by atoms with E-state index in [0.29, 0.717) is 0 Å². The first-order chi connectivity index (χ1) is 8.01. The Morgan fingerprint density at radius 2 is 1.76 bits per heavy atom. The first-order valence-electron chi connectivity index (χ1n) is 4.48. The lowest BCUT2D eigenvalue weighted by Crippen LogP contribution is -2.16. The van der Waals surface area contributed by atoms with Crippen LogP contribution in [0.25, 0.3) is 0 Å². The number of rotatable bonds is 3. The maximum Gasteiger partial charge on any atom is 0.547 e. The van der Waals surface area contributed by atoms with Crippen LogP contribution in [0.1, 0.15) is 20.7 Å². The van der Waals surface area contributed by atoms with Crippen molar-refractivity contribution in [2.45, 2.75) is 0 Å². The van der Waals surface area contributed by atoms with Gasteiger partial charge in [0.1, 0.15) is 5.56 Å². The van der Waals surface area contributed by atoms with Crippen molar-refractivity contribution in [2.75, 3.05) is 14.2 Å². The molecule has 0 radical (unpaired) electrons. The largest absolute Gasteiger partial charge is 0.547 e. The van der Waals surface area contributed by atoms with E-state index in [2.05, 4.69) is 9.47 Å². The fourth-order valence-electron chi connectivity index (χ4n) is 1.22. The predicted molar refractivity (Wildman–Crippen MR) is 58.6 cm³/mol. The van der Waals surface area contributed by atoms with Crippen molar-refractivity contribution in [3.05, 3.63) is 29.3 Å². The topological polar surface area (TPSA) is 89.9 Å². The zero-order valence-electron chi connectivity index (χ0n) is 9.17. The van der Waals surface area contributed by atoms with Gasteiger partial charge in [-0.1, -0.05) is 0 Å². The summed E-state index contributed by atoms with van der Waals surface area (Å²) in [5.74, 6) is -1.40. The van der Waals surface area contributed by atoms with Crippen LogP contribution in [0.15, 0.2) is 18.2 Å². The molecule has 1 atom stereocenters. The summed E-state index contributed by atoms with van der Waals surface area (Å²) in [6.45, 7) is 0. The maximum absolute atomic E-state index is 11.3. The van der Waals surface area contributed by atoms with E-state index >= 15 is 0 Å². The van der Waals surface area contributed by atoms with E-state index in [4.69, 9.17) is 4.89 Å². The van der Waals surface area contributed by atoms with Gasteiger partial charge in [-0.05, 0) is 16.7 Å². The molecule has 7 heteroatoms. The molecule has 0 spiro atoms. The number of hydrogen-bond donors (Lipinski definition) is 1. The smallest absolute Gasteiger partial charge is 0.465 e. The van der Waals surface area contributed by atoms with Crippen LogP contribution in [-0.4, -0.2) is 31.1 Å². The molecule has 0 heterocycles. The minimum atomic E-state index is -2.76. The number of carbonyl (C=O) groups is 2. The molecule has 1 rings (SSSR count). The Labute approximate surface area is 98.0 Å². The van der Waals surface area contributed by atoms with E-state index in [-0.39, 0.29) is 16.4 Å². The zero-order chi connectivity index (χ0) is 13.0. The van der Waals surface area contributed by atoms with Crippen molar-refractivity contribution in [3.8, 4) is 0 Å². The van der Waals surface area contributed by atoms with Gasteiger partial charge in [-0.2, -0.15) is 4.89 Å². The third-order valence-electron chi connectivity index (χ3n) is 2.03. The number of benzene rings is 1. The lowest BCUT2D eigenvalue weighted by atomic mass is 10.1. The first-order valence-corrected chi connectivity index (χ1v) is 5.69. The van der Waals surface area contributed by atoms with Gasteiger partial charge in [-0.25, -0.2) is 9.59 Å². The summed E-state index contributed by atoms with van der Waals surface area (Å²) in [6.07, 6.45) is 0. The van der Waals surface area contributed by atoms with E-state index in [9.17, 15) is 14.2 Å². The van der Waals surface area contributed by atoms with Gasteiger partial charge in [0.15, 0.2) is 0 Å². The standard InChI is InChI=1S/C10H9O6P/c1-15-9(11)6-3-4-7(10(12)16-2)8(5-6)17(13)14/h3-5H,1-2H3/p+1. The van der Waals surface area contributed by atoms with Gasteiger partial charge in [0.05, 0.1) is 19.8 Å². The number of esters is 2. The molecule has 0 fully saturated rings. The third kappa shape index (κ3) is 2.87. The second kappa shape index (κ2) is 5.52. The average Bonchev–Trinajstić information content (AvgIpc) is 2.35. The van der Waals surface area contributed by atoms with E-state index in [0.717, 1.165) is 13.2 Å². The Hall–Kier alpha value is -1.78. The molecule has 6 nitrogen and oxygen atoms in total. The number of hydrogen-bond acceptors (Lipinski definition) is 5. The molecule has 17 heavy (non-hydrogen) atoms. The summed E-state index contributed by atoms with van der Waals surface area (Å²) in [5.41, 5.74) is 0.0383. The van der Waals surface area contributed by atoms with Gasteiger partial charge in [-0.3, -0.25) is 0 Å². The average molecular weight is 257 g/mol. The van der Waals surface area contributed by atoms with Crippen molar-refractivity contribution in [1.29, 1.82) is 0 Å². The summed E-state index contributed by atoms with van der Waals surface area (Å²) in [7, 11) is -0.412. The van der Waals surface area contributed by atoms with E-state index in [1.807, 2.05) is 0 Å². The van der Waals surface area contributed by atoms with E-state index in [1.54, 1.807) is 0 Å². The van der Waals surface area contributed by atoms with E-state index in [1.165, 1.54) is 19.2 Å². The predicted octanol–water partition coefficient (Wildman–Crippen LogP) is 0.620. The molecule has 1 unspecified atom stereocenters. The summed E-state index contributed by atoms with van der Waals surface area (Å²) in [4.78, 5) is 31.6. The van der Waals surface area contributed by atoms with Crippen LogP contribution in [0.2, 0.25) is 0 Å². The Bertz CT molecular complexity index is 482. The second-order valence-electron chi connectivity index (χ2n) is 2.99. The van der Waals surface area contributed by atoms with Crippen molar-refractivity contribution < 1.29 is 28.5 Å². The van der Waals surface area contributed by atoms with Crippen molar-refractivity contribution in [2.24, 2.45) is 0 Å². The van der Waals surface area contributed by atoms with E-state index < -0.39 is 20.0 Å². The van der Waals surface area contributed by atoms with Crippen LogP contribution < -0.4 is 5.30 Å². The Balaban J connectivity index is 3.32. The highest BCUT2D eigenvalue weighted by atomic mass is 31.1. The molecule has 0 bridgehead atoms. The molecule has 0 aliphatic carbocycles.